The minimum atomic E-state index is 0.941. The average Bonchev–Trinajstić information content (AvgIpc) is 3.28. The monoisotopic (exact) mass is 258 g/mol. The quantitative estimate of drug-likeness (QED) is 0.555. The van der Waals surface area contributed by atoms with Gasteiger partial charge in [-0.1, -0.05) is 18.2 Å². The molecule has 2 nitrogen and oxygen atoms in total. The molecule has 3 N–H and O–H groups in total. The molecule has 0 aromatic heterocycles. The van der Waals surface area contributed by atoms with Gasteiger partial charge in [-0.05, 0) is 81.0 Å². The van der Waals surface area contributed by atoms with Gasteiger partial charge in [0.1, 0.15) is 0 Å². The standard InChI is InChI=1S/C17H26N2/c18-17-6-2-1-4-15(17)5-3-11-19-12-16(13-7-8-13)14-9-10-14/h1-2,4,6,13-14,16,19H,3,5,7-12,18H2. The van der Waals surface area contributed by atoms with Crippen LogP contribution in [-0.2, 0) is 6.42 Å². The molecule has 0 amide bonds. The predicted octanol–water partition coefficient (Wildman–Crippen LogP) is 3.23. The molecule has 0 saturated heterocycles. The topological polar surface area (TPSA) is 38.0 Å². The highest BCUT2D eigenvalue weighted by Gasteiger charge is 2.40. The van der Waals surface area contributed by atoms with Crippen LogP contribution in [0.1, 0.15) is 37.7 Å². The van der Waals surface area contributed by atoms with Crippen molar-refractivity contribution in [2.75, 3.05) is 18.8 Å². The Bertz CT molecular complexity index is 395. The lowest BCUT2D eigenvalue weighted by Crippen LogP contribution is -2.26. The molecule has 2 aliphatic rings. The van der Waals surface area contributed by atoms with Gasteiger partial charge in [0, 0.05) is 5.69 Å². The second kappa shape index (κ2) is 5.96. The molecule has 0 radical (unpaired) electrons. The highest BCUT2D eigenvalue weighted by atomic mass is 14.9. The smallest absolute Gasteiger partial charge is 0.0346 e. The number of benzene rings is 1. The first-order valence-electron chi connectivity index (χ1n) is 7.88. The average molecular weight is 258 g/mol. The fraction of sp³-hybridized carbons (Fsp3) is 0.647. The number of anilines is 1. The molecule has 0 spiro atoms. The fourth-order valence-electron chi connectivity index (χ4n) is 3.20. The molecule has 104 valence electrons. The zero-order valence-electron chi connectivity index (χ0n) is 11.8. The van der Waals surface area contributed by atoms with Gasteiger partial charge in [-0.2, -0.15) is 0 Å². The summed E-state index contributed by atoms with van der Waals surface area (Å²) >= 11 is 0. The number of para-hydroxylation sites is 1. The first-order chi connectivity index (χ1) is 9.34. The SMILES string of the molecule is Nc1ccccc1CCCNCC(C1CC1)C1CC1. The van der Waals surface area contributed by atoms with Crippen LogP contribution < -0.4 is 11.1 Å². The highest BCUT2D eigenvalue weighted by Crippen LogP contribution is 2.48. The van der Waals surface area contributed by atoms with Gasteiger partial charge in [0.05, 0.1) is 0 Å². The minimum Gasteiger partial charge on any atom is -0.399 e. The van der Waals surface area contributed by atoms with Crippen LogP contribution in [0.25, 0.3) is 0 Å². The van der Waals surface area contributed by atoms with Crippen LogP contribution in [0, 0.1) is 17.8 Å². The predicted molar refractivity (Wildman–Crippen MR) is 81.0 cm³/mol. The molecular weight excluding hydrogens is 232 g/mol. The van der Waals surface area contributed by atoms with E-state index < -0.39 is 0 Å². The number of rotatable bonds is 8. The Morgan fingerprint density at radius 1 is 1.11 bits per heavy atom. The van der Waals surface area contributed by atoms with Crippen molar-refractivity contribution in [1.29, 1.82) is 0 Å². The van der Waals surface area contributed by atoms with Crippen molar-refractivity contribution in [3.63, 3.8) is 0 Å². The van der Waals surface area contributed by atoms with Crippen LogP contribution >= 0.6 is 0 Å². The second-order valence-electron chi connectivity index (χ2n) is 6.35. The van der Waals surface area contributed by atoms with Crippen molar-refractivity contribution in [3.05, 3.63) is 29.8 Å². The van der Waals surface area contributed by atoms with E-state index in [1.165, 1.54) is 44.2 Å². The summed E-state index contributed by atoms with van der Waals surface area (Å²) in [6.07, 6.45) is 8.24. The molecule has 1 aromatic carbocycles. The van der Waals surface area contributed by atoms with Gasteiger partial charge < -0.3 is 11.1 Å². The van der Waals surface area contributed by atoms with Gasteiger partial charge in [0.15, 0.2) is 0 Å². The first-order valence-corrected chi connectivity index (χ1v) is 7.88. The van der Waals surface area contributed by atoms with Crippen molar-refractivity contribution in [1.82, 2.24) is 5.32 Å². The summed E-state index contributed by atoms with van der Waals surface area (Å²) in [5.74, 6) is 3.11. The zero-order chi connectivity index (χ0) is 13.1. The van der Waals surface area contributed by atoms with Crippen molar-refractivity contribution in [2.24, 2.45) is 17.8 Å². The fourth-order valence-corrected chi connectivity index (χ4v) is 3.20. The number of nitrogens with one attached hydrogen (secondary N) is 1. The first kappa shape index (κ1) is 13.0. The third kappa shape index (κ3) is 3.73. The number of nitrogen functional groups attached to an aromatic ring is 1. The second-order valence-corrected chi connectivity index (χ2v) is 6.35. The molecule has 2 saturated carbocycles. The minimum absolute atomic E-state index is 0.941. The summed E-state index contributed by atoms with van der Waals surface area (Å²) in [4.78, 5) is 0. The molecule has 0 bridgehead atoms. The van der Waals surface area contributed by atoms with Gasteiger partial charge >= 0.3 is 0 Å². The third-order valence-electron chi connectivity index (χ3n) is 4.69. The van der Waals surface area contributed by atoms with E-state index in [9.17, 15) is 0 Å². The molecule has 2 aliphatic carbocycles. The van der Waals surface area contributed by atoms with Crippen molar-refractivity contribution in [3.8, 4) is 0 Å². The molecule has 19 heavy (non-hydrogen) atoms. The molecule has 0 atom stereocenters. The van der Waals surface area contributed by atoms with Gasteiger partial charge in [0.2, 0.25) is 0 Å². The van der Waals surface area contributed by atoms with Crippen molar-refractivity contribution < 1.29 is 0 Å². The van der Waals surface area contributed by atoms with E-state index in [4.69, 9.17) is 5.73 Å². The van der Waals surface area contributed by atoms with Crippen molar-refractivity contribution >= 4 is 5.69 Å². The Balaban J connectivity index is 1.33. The van der Waals surface area contributed by atoms with Crippen LogP contribution in [0.4, 0.5) is 5.69 Å². The summed E-state index contributed by atoms with van der Waals surface area (Å²) < 4.78 is 0. The zero-order valence-corrected chi connectivity index (χ0v) is 11.8. The molecular formula is C17H26N2. The summed E-state index contributed by atoms with van der Waals surface area (Å²) in [5, 5.41) is 3.68. The van der Waals surface area contributed by atoms with Crippen LogP contribution in [0.15, 0.2) is 24.3 Å². The Kier molecular flexibility index (Phi) is 4.07. The molecule has 0 unspecified atom stereocenters. The maximum Gasteiger partial charge on any atom is 0.0346 e. The Labute approximate surface area is 116 Å². The third-order valence-corrected chi connectivity index (χ3v) is 4.69. The Hall–Kier alpha value is -1.02. The maximum absolute atomic E-state index is 5.96. The van der Waals surface area contributed by atoms with E-state index in [2.05, 4.69) is 17.4 Å². The Morgan fingerprint density at radius 2 is 1.79 bits per heavy atom. The molecule has 0 heterocycles. The number of nitrogens with two attached hydrogens (primary N) is 1. The lowest BCUT2D eigenvalue weighted by atomic mass is 9.98. The Morgan fingerprint density at radius 3 is 2.42 bits per heavy atom. The lowest BCUT2D eigenvalue weighted by Gasteiger charge is -2.16. The summed E-state index contributed by atoms with van der Waals surface area (Å²) in [7, 11) is 0. The van der Waals surface area contributed by atoms with E-state index >= 15 is 0 Å². The molecule has 1 aromatic rings. The molecule has 2 fully saturated rings. The van der Waals surface area contributed by atoms with Crippen LogP contribution in [0.2, 0.25) is 0 Å². The maximum atomic E-state index is 5.96. The largest absolute Gasteiger partial charge is 0.399 e. The lowest BCUT2D eigenvalue weighted by molar-refractivity contribution is 0.378. The van der Waals surface area contributed by atoms with E-state index in [0.29, 0.717) is 0 Å². The van der Waals surface area contributed by atoms with Gasteiger partial charge in [0.25, 0.3) is 0 Å². The van der Waals surface area contributed by atoms with Crippen LogP contribution in [0.5, 0.6) is 0 Å². The number of hydrogen-bond donors (Lipinski definition) is 2. The molecule has 0 aliphatic heterocycles. The van der Waals surface area contributed by atoms with E-state index in [0.717, 1.165) is 36.4 Å². The number of aryl methyl sites for hydroxylation is 1. The van der Waals surface area contributed by atoms with Crippen LogP contribution in [-0.4, -0.2) is 13.1 Å². The van der Waals surface area contributed by atoms with E-state index in [-0.39, 0.29) is 0 Å². The summed E-state index contributed by atoms with van der Waals surface area (Å²) in [5.41, 5.74) is 8.20. The highest BCUT2D eigenvalue weighted by molar-refractivity contribution is 5.46. The summed E-state index contributed by atoms with van der Waals surface area (Å²) in [6, 6.07) is 8.23. The summed E-state index contributed by atoms with van der Waals surface area (Å²) in [6.45, 7) is 2.38. The molecule has 3 rings (SSSR count). The van der Waals surface area contributed by atoms with E-state index in [1.807, 2.05) is 12.1 Å². The molecule has 2 heteroatoms. The van der Waals surface area contributed by atoms with E-state index in [1.54, 1.807) is 0 Å². The van der Waals surface area contributed by atoms with Gasteiger partial charge in [-0.3, -0.25) is 0 Å². The van der Waals surface area contributed by atoms with Crippen molar-refractivity contribution in [2.45, 2.75) is 38.5 Å². The number of hydrogen-bond acceptors (Lipinski definition) is 2. The van der Waals surface area contributed by atoms with Gasteiger partial charge in [-0.15, -0.1) is 0 Å². The normalized spacial score (nSPS) is 19.0. The van der Waals surface area contributed by atoms with Gasteiger partial charge in [-0.25, -0.2) is 0 Å². The van der Waals surface area contributed by atoms with Crippen LogP contribution in [0.3, 0.4) is 0 Å².